The zero-order valence-corrected chi connectivity index (χ0v) is 13.9. The third kappa shape index (κ3) is 2.93. The second-order valence-corrected chi connectivity index (χ2v) is 6.06. The molecule has 1 aromatic heterocycles. The molecule has 7 heteroatoms. The van der Waals surface area contributed by atoms with Crippen LogP contribution in [0.5, 0.6) is 11.5 Å². The minimum absolute atomic E-state index is 0.0701. The fourth-order valence-electron chi connectivity index (χ4n) is 3.03. The molecule has 0 spiro atoms. The lowest BCUT2D eigenvalue weighted by molar-refractivity contribution is 0.0517. The van der Waals surface area contributed by atoms with Crippen molar-refractivity contribution in [1.82, 2.24) is 9.80 Å². The number of carbonyl (C=O) groups excluding carboxylic acids is 2. The van der Waals surface area contributed by atoms with Gasteiger partial charge in [0.15, 0.2) is 17.3 Å². The summed E-state index contributed by atoms with van der Waals surface area (Å²) in [5.74, 6) is 2.09. The van der Waals surface area contributed by atoms with Crippen LogP contribution in [0, 0.1) is 6.92 Å². The van der Waals surface area contributed by atoms with Gasteiger partial charge in [0.1, 0.15) is 5.76 Å². The van der Waals surface area contributed by atoms with Crippen LogP contribution >= 0.6 is 0 Å². The summed E-state index contributed by atoms with van der Waals surface area (Å²) in [6.07, 6.45) is 0. The van der Waals surface area contributed by atoms with Crippen molar-refractivity contribution in [2.45, 2.75) is 6.92 Å². The molecule has 0 unspecified atom stereocenters. The van der Waals surface area contributed by atoms with Crippen molar-refractivity contribution < 1.29 is 23.5 Å². The molecule has 1 aromatic carbocycles. The van der Waals surface area contributed by atoms with Crippen LogP contribution in [-0.2, 0) is 0 Å². The number of rotatable bonds is 2. The number of fused-ring (bicyclic) bond motifs is 1. The van der Waals surface area contributed by atoms with Crippen molar-refractivity contribution in [1.29, 1.82) is 0 Å². The van der Waals surface area contributed by atoms with Gasteiger partial charge in [-0.05, 0) is 37.3 Å². The van der Waals surface area contributed by atoms with E-state index < -0.39 is 0 Å². The van der Waals surface area contributed by atoms with Gasteiger partial charge < -0.3 is 23.7 Å². The molecule has 0 radical (unpaired) electrons. The number of furan rings is 1. The number of piperazine rings is 1. The molecule has 4 rings (SSSR count). The van der Waals surface area contributed by atoms with Gasteiger partial charge in [0, 0.05) is 31.7 Å². The summed E-state index contributed by atoms with van der Waals surface area (Å²) in [5.41, 5.74) is 0.561. The predicted molar refractivity (Wildman–Crippen MR) is 87.8 cm³/mol. The van der Waals surface area contributed by atoms with E-state index in [1.165, 1.54) is 0 Å². The van der Waals surface area contributed by atoms with Crippen molar-refractivity contribution in [3.8, 4) is 11.5 Å². The SMILES string of the molecule is Cc1ccc(C(=O)N2CCN(C(=O)c3ccc4c(c3)OCO4)CC2)o1. The molecule has 1 fully saturated rings. The van der Waals surface area contributed by atoms with Crippen LogP contribution in [0.25, 0.3) is 0 Å². The minimum Gasteiger partial charge on any atom is -0.456 e. The lowest BCUT2D eigenvalue weighted by atomic mass is 10.1. The molecule has 0 saturated carbocycles. The second kappa shape index (κ2) is 6.16. The standard InChI is InChI=1S/C18H18N2O5/c1-12-2-4-15(25-12)18(22)20-8-6-19(7-9-20)17(21)13-3-5-14-16(10-13)24-11-23-14/h2-5,10H,6-9,11H2,1H3. The first-order chi connectivity index (χ1) is 12.1. The van der Waals surface area contributed by atoms with Crippen LogP contribution in [0.4, 0.5) is 0 Å². The van der Waals surface area contributed by atoms with Gasteiger partial charge in [-0.1, -0.05) is 0 Å². The van der Waals surface area contributed by atoms with E-state index in [0.29, 0.717) is 54.8 Å². The molecule has 2 aliphatic rings. The van der Waals surface area contributed by atoms with Crippen molar-refractivity contribution in [2.24, 2.45) is 0 Å². The first-order valence-electron chi connectivity index (χ1n) is 8.16. The highest BCUT2D eigenvalue weighted by molar-refractivity contribution is 5.95. The maximum atomic E-state index is 12.7. The molecule has 0 N–H and O–H groups in total. The Balaban J connectivity index is 1.40. The maximum absolute atomic E-state index is 12.7. The van der Waals surface area contributed by atoms with Crippen molar-refractivity contribution in [2.75, 3.05) is 33.0 Å². The van der Waals surface area contributed by atoms with Crippen LogP contribution < -0.4 is 9.47 Å². The van der Waals surface area contributed by atoms with E-state index in [2.05, 4.69) is 0 Å². The van der Waals surface area contributed by atoms with Crippen molar-refractivity contribution in [3.05, 3.63) is 47.4 Å². The number of nitrogens with zero attached hydrogens (tertiary/aromatic N) is 2. The average molecular weight is 342 g/mol. The van der Waals surface area contributed by atoms with Gasteiger partial charge in [0.2, 0.25) is 6.79 Å². The van der Waals surface area contributed by atoms with Gasteiger partial charge in [0.25, 0.3) is 11.8 Å². The number of benzene rings is 1. The van der Waals surface area contributed by atoms with Gasteiger partial charge in [-0.2, -0.15) is 0 Å². The third-order valence-corrected chi connectivity index (χ3v) is 4.42. The number of ether oxygens (including phenoxy) is 2. The van der Waals surface area contributed by atoms with Gasteiger partial charge in [-0.25, -0.2) is 0 Å². The van der Waals surface area contributed by atoms with E-state index >= 15 is 0 Å². The maximum Gasteiger partial charge on any atom is 0.289 e. The molecule has 25 heavy (non-hydrogen) atoms. The minimum atomic E-state index is -0.136. The average Bonchev–Trinajstić information content (AvgIpc) is 3.28. The lowest BCUT2D eigenvalue weighted by Gasteiger charge is -2.34. The van der Waals surface area contributed by atoms with E-state index in [0.717, 1.165) is 0 Å². The van der Waals surface area contributed by atoms with E-state index in [4.69, 9.17) is 13.9 Å². The van der Waals surface area contributed by atoms with Crippen molar-refractivity contribution in [3.63, 3.8) is 0 Å². The first-order valence-corrected chi connectivity index (χ1v) is 8.16. The Hall–Kier alpha value is -2.96. The molecule has 2 aliphatic heterocycles. The Kier molecular flexibility index (Phi) is 3.83. The summed E-state index contributed by atoms with van der Waals surface area (Å²) < 4.78 is 16.0. The molecule has 2 amide bonds. The van der Waals surface area contributed by atoms with E-state index in [9.17, 15) is 9.59 Å². The quantitative estimate of drug-likeness (QED) is 0.834. The van der Waals surface area contributed by atoms with Crippen LogP contribution in [0.15, 0.2) is 34.7 Å². The topological polar surface area (TPSA) is 72.2 Å². The van der Waals surface area contributed by atoms with Gasteiger partial charge in [-0.3, -0.25) is 9.59 Å². The Bertz CT molecular complexity index is 821. The van der Waals surface area contributed by atoms with Gasteiger partial charge in [0.05, 0.1) is 0 Å². The fourth-order valence-corrected chi connectivity index (χ4v) is 3.03. The number of carbonyl (C=O) groups is 2. The molecule has 7 nitrogen and oxygen atoms in total. The van der Waals surface area contributed by atoms with Crippen LogP contribution in [-0.4, -0.2) is 54.6 Å². The normalized spacial score (nSPS) is 16.2. The van der Waals surface area contributed by atoms with Crippen molar-refractivity contribution >= 4 is 11.8 Å². The van der Waals surface area contributed by atoms with E-state index in [-0.39, 0.29) is 18.6 Å². The molecule has 3 heterocycles. The Morgan fingerprint density at radius 3 is 2.24 bits per heavy atom. The molecule has 1 saturated heterocycles. The molecule has 0 aliphatic carbocycles. The number of aryl methyl sites for hydroxylation is 1. The smallest absolute Gasteiger partial charge is 0.289 e. The number of amides is 2. The zero-order chi connectivity index (χ0) is 17.4. The molecular weight excluding hydrogens is 324 g/mol. The monoisotopic (exact) mass is 342 g/mol. The molecule has 2 aromatic rings. The second-order valence-electron chi connectivity index (χ2n) is 6.06. The van der Waals surface area contributed by atoms with Crippen LogP contribution in [0.3, 0.4) is 0 Å². The molecular formula is C18H18N2O5. The third-order valence-electron chi connectivity index (χ3n) is 4.42. The fraction of sp³-hybridized carbons (Fsp3) is 0.333. The highest BCUT2D eigenvalue weighted by atomic mass is 16.7. The molecule has 0 bridgehead atoms. The van der Waals surface area contributed by atoms with Crippen LogP contribution in [0.1, 0.15) is 26.7 Å². The summed E-state index contributed by atoms with van der Waals surface area (Å²) >= 11 is 0. The van der Waals surface area contributed by atoms with Gasteiger partial charge in [-0.15, -0.1) is 0 Å². The summed E-state index contributed by atoms with van der Waals surface area (Å²) in [6, 6.07) is 8.63. The highest BCUT2D eigenvalue weighted by Crippen LogP contribution is 2.32. The zero-order valence-electron chi connectivity index (χ0n) is 13.9. The van der Waals surface area contributed by atoms with E-state index in [1.54, 1.807) is 47.1 Å². The highest BCUT2D eigenvalue weighted by Gasteiger charge is 2.27. The Labute approximate surface area is 144 Å². The predicted octanol–water partition coefficient (Wildman–Crippen LogP) is 1.91. The Morgan fingerprint density at radius 2 is 1.56 bits per heavy atom. The summed E-state index contributed by atoms with van der Waals surface area (Å²) in [4.78, 5) is 28.5. The first kappa shape index (κ1) is 15.6. The molecule has 130 valence electrons. The van der Waals surface area contributed by atoms with E-state index in [1.807, 2.05) is 0 Å². The van der Waals surface area contributed by atoms with Crippen LogP contribution in [0.2, 0.25) is 0 Å². The lowest BCUT2D eigenvalue weighted by Crippen LogP contribution is -2.50. The summed E-state index contributed by atoms with van der Waals surface area (Å²) in [7, 11) is 0. The largest absolute Gasteiger partial charge is 0.456 e. The number of hydrogen-bond acceptors (Lipinski definition) is 5. The summed E-state index contributed by atoms with van der Waals surface area (Å²) in [5, 5.41) is 0. The Morgan fingerprint density at radius 1 is 0.880 bits per heavy atom. The van der Waals surface area contributed by atoms with Gasteiger partial charge >= 0.3 is 0 Å². The summed E-state index contributed by atoms with van der Waals surface area (Å²) in [6.45, 7) is 3.92. The number of hydrogen-bond donors (Lipinski definition) is 0. The molecule has 0 atom stereocenters.